The average molecular weight is 553 g/mol. The molecule has 2 aromatic carbocycles. The molecule has 1 fully saturated rings. The first-order valence-corrected chi connectivity index (χ1v) is 12.1. The van der Waals surface area contributed by atoms with Crippen molar-refractivity contribution in [2.45, 2.75) is 25.4 Å². The fourth-order valence-electron chi connectivity index (χ4n) is 4.17. The van der Waals surface area contributed by atoms with E-state index in [0.29, 0.717) is 40.1 Å². The van der Waals surface area contributed by atoms with E-state index in [1.807, 2.05) is 0 Å². The number of carbonyl (C=O) groups excluding carboxylic acids is 1. The number of ether oxygens (including phenoxy) is 1. The van der Waals surface area contributed by atoms with Crippen molar-refractivity contribution in [3.05, 3.63) is 69.2 Å². The monoisotopic (exact) mass is 551 g/mol. The predicted octanol–water partition coefficient (Wildman–Crippen LogP) is 6.28. The largest absolute Gasteiger partial charge is 0.496 e. The minimum absolute atomic E-state index is 0.0363. The zero-order chi connectivity index (χ0) is 26.0. The van der Waals surface area contributed by atoms with Crippen LogP contribution in [0.4, 0.5) is 9.18 Å². The molecule has 2 amide bonds. The molecule has 2 heterocycles. The van der Waals surface area contributed by atoms with Crippen molar-refractivity contribution in [1.82, 2.24) is 15.2 Å². The number of carbonyl (C=O) groups is 2. The summed E-state index contributed by atoms with van der Waals surface area (Å²) in [5, 5.41) is 13.1. The lowest BCUT2D eigenvalue weighted by atomic mass is 9.97. The van der Waals surface area contributed by atoms with Gasteiger partial charge in [-0.25, -0.2) is 14.2 Å². The van der Waals surface area contributed by atoms with E-state index < -0.39 is 11.9 Å². The fraction of sp³-hybridized carbons (Fsp3) is 0.240. The molecule has 0 spiro atoms. The van der Waals surface area contributed by atoms with Gasteiger partial charge in [-0.3, -0.25) is 4.79 Å². The second-order valence-electron chi connectivity index (χ2n) is 8.24. The quantitative estimate of drug-likeness (QED) is 0.337. The Morgan fingerprint density at radius 3 is 2.58 bits per heavy atom. The van der Waals surface area contributed by atoms with Gasteiger partial charge in [-0.15, -0.1) is 0 Å². The molecule has 36 heavy (non-hydrogen) atoms. The second-order valence-corrected chi connectivity index (χ2v) is 9.35. The van der Waals surface area contributed by atoms with Gasteiger partial charge in [-0.1, -0.05) is 53.0 Å². The molecule has 1 aliphatic rings. The highest BCUT2D eigenvalue weighted by molar-refractivity contribution is 6.43. The van der Waals surface area contributed by atoms with Crippen LogP contribution in [0.15, 0.2) is 42.6 Å². The first-order valence-electron chi connectivity index (χ1n) is 10.9. The molecule has 0 radical (unpaired) electrons. The number of hydrogen-bond donors (Lipinski definition) is 2. The molecule has 1 atom stereocenters. The van der Waals surface area contributed by atoms with Crippen molar-refractivity contribution in [3.63, 3.8) is 0 Å². The molecule has 3 aromatic rings. The number of nitrogens with one attached hydrogen (secondary N) is 1. The molecule has 1 aromatic heterocycles. The zero-order valence-electron chi connectivity index (χ0n) is 19.0. The Labute approximate surface area is 221 Å². The van der Waals surface area contributed by atoms with Gasteiger partial charge in [-0.05, 0) is 30.2 Å². The molecule has 1 aliphatic heterocycles. The third-order valence-electron chi connectivity index (χ3n) is 5.97. The number of amides is 2. The minimum Gasteiger partial charge on any atom is -0.496 e. The number of methoxy groups -OCH3 is 1. The van der Waals surface area contributed by atoms with Crippen molar-refractivity contribution in [2.75, 3.05) is 13.7 Å². The van der Waals surface area contributed by atoms with Gasteiger partial charge in [0.2, 0.25) is 5.91 Å². The Hall–Kier alpha value is -3.07. The zero-order valence-corrected chi connectivity index (χ0v) is 21.3. The average Bonchev–Trinajstić information content (AvgIpc) is 3.26. The summed E-state index contributed by atoms with van der Waals surface area (Å²) in [5.74, 6) is -0.622. The lowest BCUT2D eigenvalue weighted by Gasteiger charge is -2.24. The van der Waals surface area contributed by atoms with E-state index in [1.165, 1.54) is 19.4 Å². The van der Waals surface area contributed by atoms with Crippen molar-refractivity contribution < 1.29 is 23.8 Å². The Bertz CT molecular complexity index is 1340. The summed E-state index contributed by atoms with van der Waals surface area (Å²) in [6.45, 7) is -0.218. The maximum Gasteiger partial charge on any atom is 0.407 e. The summed E-state index contributed by atoms with van der Waals surface area (Å²) in [4.78, 5) is 28.3. The van der Waals surface area contributed by atoms with E-state index in [2.05, 4.69) is 10.3 Å². The van der Waals surface area contributed by atoms with Gasteiger partial charge in [0.05, 0.1) is 23.7 Å². The van der Waals surface area contributed by atoms with Crippen molar-refractivity contribution in [2.24, 2.45) is 0 Å². The van der Waals surface area contributed by atoms with Crippen LogP contribution < -0.4 is 10.1 Å². The van der Waals surface area contributed by atoms with Gasteiger partial charge in [0, 0.05) is 47.5 Å². The third-order valence-corrected chi connectivity index (χ3v) is 7.14. The molecule has 1 saturated heterocycles. The first kappa shape index (κ1) is 26.0. The number of nitrogens with zero attached hydrogens (tertiary/aromatic N) is 2. The molecular weight excluding hydrogens is 532 g/mol. The van der Waals surface area contributed by atoms with Crippen LogP contribution in [0.1, 0.15) is 18.4 Å². The Morgan fingerprint density at radius 1 is 1.19 bits per heavy atom. The number of rotatable bonds is 7. The van der Waals surface area contributed by atoms with Gasteiger partial charge in [0.25, 0.3) is 0 Å². The van der Waals surface area contributed by atoms with Crippen LogP contribution in [0.2, 0.25) is 15.2 Å². The molecule has 0 saturated carbocycles. The number of halogens is 4. The Morgan fingerprint density at radius 2 is 1.92 bits per heavy atom. The number of hydrogen-bond acceptors (Lipinski definition) is 4. The highest BCUT2D eigenvalue weighted by atomic mass is 35.5. The predicted molar refractivity (Wildman–Crippen MR) is 136 cm³/mol. The van der Waals surface area contributed by atoms with Crippen LogP contribution in [-0.2, 0) is 11.3 Å². The van der Waals surface area contributed by atoms with Gasteiger partial charge in [0.1, 0.15) is 16.7 Å². The summed E-state index contributed by atoms with van der Waals surface area (Å²) < 4.78 is 20.8. The minimum atomic E-state index is -1.23. The van der Waals surface area contributed by atoms with Crippen LogP contribution in [0.5, 0.6) is 5.75 Å². The van der Waals surface area contributed by atoms with Gasteiger partial charge in [-0.2, -0.15) is 0 Å². The highest BCUT2D eigenvalue weighted by Gasteiger charge is 2.27. The molecule has 4 rings (SSSR count). The van der Waals surface area contributed by atoms with Gasteiger partial charge < -0.3 is 20.1 Å². The summed E-state index contributed by atoms with van der Waals surface area (Å²) in [6.07, 6.45) is 1.13. The number of benzene rings is 2. The third kappa shape index (κ3) is 5.36. The van der Waals surface area contributed by atoms with E-state index in [0.717, 1.165) is 4.90 Å². The second kappa shape index (κ2) is 10.9. The SMILES string of the molecule is COc1cc(-c2cccc(-c3ccnc(Cl)c3Cl)c2Cl)cc(F)c1CN(C[C@@H]1CCC(=O)N1)C(=O)O. The van der Waals surface area contributed by atoms with Gasteiger partial charge in [0.15, 0.2) is 0 Å². The van der Waals surface area contributed by atoms with Crippen LogP contribution in [-0.4, -0.2) is 46.7 Å². The molecule has 188 valence electrons. The number of aromatic nitrogens is 1. The maximum atomic E-state index is 15.4. The maximum absolute atomic E-state index is 15.4. The lowest BCUT2D eigenvalue weighted by Crippen LogP contribution is -2.41. The topological polar surface area (TPSA) is 91.8 Å². The molecular formula is C25H21Cl3FN3O4. The summed E-state index contributed by atoms with van der Waals surface area (Å²) in [5.41, 5.74) is 2.18. The smallest absolute Gasteiger partial charge is 0.407 e. The van der Waals surface area contributed by atoms with Gasteiger partial charge >= 0.3 is 6.09 Å². The van der Waals surface area contributed by atoms with E-state index in [-0.39, 0.29) is 46.5 Å². The van der Waals surface area contributed by atoms with Crippen molar-refractivity contribution >= 4 is 46.8 Å². The van der Waals surface area contributed by atoms with E-state index in [1.54, 1.807) is 30.3 Å². The molecule has 7 nitrogen and oxygen atoms in total. The van der Waals surface area contributed by atoms with Crippen molar-refractivity contribution in [1.29, 1.82) is 0 Å². The number of carboxylic acid groups (broad SMARTS) is 1. The van der Waals surface area contributed by atoms with Crippen LogP contribution in [0.3, 0.4) is 0 Å². The molecule has 0 bridgehead atoms. The van der Waals surface area contributed by atoms with Crippen LogP contribution >= 0.6 is 34.8 Å². The van der Waals surface area contributed by atoms with E-state index >= 15 is 4.39 Å². The van der Waals surface area contributed by atoms with E-state index in [4.69, 9.17) is 39.5 Å². The van der Waals surface area contributed by atoms with Crippen LogP contribution in [0, 0.1) is 5.82 Å². The Kier molecular flexibility index (Phi) is 7.88. The summed E-state index contributed by atoms with van der Waals surface area (Å²) in [6, 6.07) is 9.47. The number of pyridine rings is 1. The normalized spacial score (nSPS) is 15.0. The highest BCUT2D eigenvalue weighted by Crippen LogP contribution is 2.42. The lowest BCUT2D eigenvalue weighted by molar-refractivity contribution is -0.119. The molecule has 0 unspecified atom stereocenters. The summed E-state index contributed by atoms with van der Waals surface area (Å²) >= 11 is 19.1. The van der Waals surface area contributed by atoms with Crippen LogP contribution in [0.25, 0.3) is 22.3 Å². The van der Waals surface area contributed by atoms with Crippen molar-refractivity contribution in [3.8, 4) is 28.0 Å². The first-order chi connectivity index (χ1) is 17.2. The molecule has 0 aliphatic carbocycles. The Balaban J connectivity index is 1.69. The fourth-order valence-corrected chi connectivity index (χ4v) is 4.88. The summed E-state index contributed by atoms with van der Waals surface area (Å²) in [7, 11) is 1.38. The molecule has 11 heteroatoms. The standard InChI is InChI=1S/C25H21Cl3FN3O4/c1-36-20-10-13(15-3-2-4-16(22(15)26)17-7-8-30-24(28)23(17)27)9-19(29)18(20)12-32(25(34)35)11-14-5-6-21(33)31-14/h2-4,7-10,14H,5-6,11-12H2,1H3,(H,31,33)(H,34,35)/t14-/m0/s1. The molecule has 2 N–H and O–H groups in total. The van der Waals surface area contributed by atoms with E-state index in [9.17, 15) is 14.7 Å².